The maximum absolute atomic E-state index is 13.0. The van der Waals surface area contributed by atoms with E-state index in [1.54, 1.807) is 6.08 Å². The molecule has 0 aliphatic carbocycles. The lowest BCUT2D eigenvalue weighted by Crippen LogP contribution is -2.30. The highest BCUT2D eigenvalue weighted by Gasteiger charge is 2.30. The smallest absolute Gasteiger partial charge is 0.462 e. The molecule has 0 aliphatic rings. The summed E-state index contributed by atoms with van der Waals surface area (Å²) in [4.78, 5) is 72.5. The number of hydrogen-bond donors (Lipinski definition) is 3. The summed E-state index contributed by atoms with van der Waals surface area (Å²) in [6, 6.07) is 0. The van der Waals surface area contributed by atoms with Crippen molar-refractivity contribution in [3.05, 3.63) is 109 Å². The van der Waals surface area contributed by atoms with Gasteiger partial charge in [0, 0.05) is 19.3 Å². The summed E-state index contributed by atoms with van der Waals surface area (Å²) in [7, 11) is -9.97. The molecule has 0 saturated heterocycles. The molecule has 0 aromatic rings. The van der Waals surface area contributed by atoms with Gasteiger partial charge >= 0.3 is 39.5 Å². The lowest BCUT2D eigenvalue weighted by molar-refractivity contribution is -0.161. The van der Waals surface area contributed by atoms with E-state index in [9.17, 15) is 43.2 Å². The Hall–Kier alpha value is -4.28. The van der Waals surface area contributed by atoms with E-state index in [1.165, 1.54) is 51.4 Å². The predicted octanol–water partition coefficient (Wildman–Crippen LogP) is 20.2. The Kier molecular flexibility index (Phi) is 64.2. The second kappa shape index (κ2) is 67.3. The Bertz CT molecular complexity index is 2220. The first kappa shape index (κ1) is 89.7. The number of allylic oxidation sites excluding steroid dienone is 17. The molecule has 0 spiro atoms. The lowest BCUT2D eigenvalue weighted by Gasteiger charge is -2.21. The number of phosphoric ester groups is 2. The summed E-state index contributed by atoms with van der Waals surface area (Å²) >= 11 is 0. The summed E-state index contributed by atoms with van der Waals surface area (Å²) in [5.74, 6) is -2.36. The quantitative estimate of drug-likeness (QED) is 0.0169. The molecule has 0 saturated carbocycles. The van der Waals surface area contributed by atoms with Gasteiger partial charge in [0.15, 0.2) is 12.2 Å². The first-order valence-electron chi connectivity index (χ1n) is 36.1. The van der Waals surface area contributed by atoms with Crippen LogP contribution in [0.25, 0.3) is 0 Å². The zero-order valence-electron chi connectivity index (χ0n) is 58.6. The van der Waals surface area contributed by atoms with E-state index in [4.69, 9.17) is 37.0 Å². The largest absolute Gasteiger partial charge is 0.472 e. The van der Waals surface area contributed by atoms with Crippen LogP contribution in [0.15, 0.2) is 109 Å². The fourth-order valence-electron chi connectivity index (χ4n) is 9.19. The first-order valence-corrected chi connectivity index (χ1v) is 39.1. The third kappa shape index (κ3) is 66.3. The lowest BCUT2D eigenvalue weighted by atomic mass is 10.1. The molecule has 5 unspecified atom stereocenters. The minimum Gasteiger partial charge on any atom is -0.462 e. The fourth-order valence-corrected chi connectivity index (χ4v) is 10.8. The number of unbranched alkanes of at least 4 members (excludes halogenated alkanes) is 24. The Morgan fingerprint density at radius 3 is 1.03 bits per heavy atom. The summed E-state index contributed by atoms with van der Waals surface area (Å²) in [6.07, 6.45) is 69.9. The van der Waals surface area contributed by atoms with E-state index >= 15 is 0 Å². The number of carbonyl (C=O) groups is 4. The van der Waals surface area contributed by atoms with Gasteiger partial charge in [-0.2, -0.15) is 0 Å². The molecule has 0 fully saturated rings. The van der Waals surface area contributed by atoms with Crippen molar-refractivity contribution in [1.82, 2.24) is 0 Å². The van der Waals surface area contributed by atoms with Crippen LogP contribution in [0.2, 0.25) is 0 Å². The normalized spacial score (nSPS) is 14.7. The molecule has 0 rings (SSSR count). The topological polar surface area (TPSA) is 237 Å². The molecule has 0 aromatic heterocycles. The Morgan fingerprint density at radius 1 is 0.319 bits per heavy atom. The maximum atomic E-state index is 13.0. The van der Waals surface area contributed by atoms with Crippen LogP contribution >= 0.6 is 15.6 Å². The van der Waals surface area contributed by atoms with Gasteiger partial charge in [0.05, 0.1) is 32.8 Å². The van der Waals surface area contributed by atoms with Crippen LogP contribution in [-0.2, 0) is 65.4 Å². The molecule has 0 heterocycles. The molecule has 0 aliphatic heterocycles. The molecular formula is C75H128O17P2. The molecule has 540 valence electrons. The maximum Gasteiger partial charge on any atom is 0.472 e. The minimum absolute atomic E-state index is 0.0645. The van der Waals surface area contributed by atoms with Gasteiger partial charge in [-0.05, 0) is 122 Å². The molecule has 0 amide bonds. The van der Waals surface area contributed by atoms with Crippen LogP contribution in [0.1, 0.15) is 285 Å². The van der Waals surface area contributed by atoms with Crippen molar-refractivity contribution in [3.8, 4) is 0 Å². The van der Waals surface area contributed by atoms with E-state index in [0.29, 0.717) is 25.7 Å². The van der Waals surface area contributed by atoms with Gasteiger partial charge in [0.2, 0.25) is 0 Å². The third-order valence-corrected chi connectivity index (χ3v) is 16.6. The molecule has 0 bridgehead atoms. The monoisotopic (exact) mass is 1360 g/mol. The van der Waals surface area contributed by atoms with Crippen LogP contribution in [0, 0.1) is 0 Å². The average molecular weight is 1360 g/mol. The van der Waals surface area contributed by atoms with Crippen molar-refractivity contribution < 1.29 is 80.2 Å². The second-order valence-electron chi connectivity index (χ2n) is 23.8. The van der Waals surface area contributed by atoms with Crippen molar-refractivity contribution in [3.63, 3.8) is 0 Å². The van der Waals surface area contributed by atoms with Crippen molar-refractivity contribution in [1.29, 1.82) is 0 Å². The highest BCUT2D eigenvalue weighted by molar-refractivity contribution is 7.47. The second-order valence-corrected chi connectivity index (χ2v) is 26.7. The van der Waals surface area contributed by atoms with Gasteiger partial charge in [0.1, 0.15) is 19.3 Å². The Morgan fingerprint density at radius 2 is 0.628 bits per heavy atom. The third-order valence-electron chi connectivity index (χ3n) is 14.7. The minimum atomic E-state index is -4.99. The van der Waals surface area contributed by atoms with E-state index in [1.807, 2.05) is 18.2 Å². The molecule has 17 nitrogen and oxygen atoms in total. The van der Waals surface area contributed by atoms with Crippen LogP contribution in [0.5, 0.6) is 0 Å². The summed E-state index contributed by atoms with van der Waals surface area (Å²) in [5, 5.41) is 10.6. The molecular weight excluding hydrogens is 1230 g/mol. The van der Waals surface area contributed by atoms with Gasteiger partial charge < -0.3 is 33.8 Å². The van der Waals surface area contributed by atoms with E-state index in [2.05, 4.69) is 113 Å². The Balaban J connectivity index is 5.41. The summed E-state index contributed by atoms with van der Waals surface area (Å²) in [5.41, 5.74) is 0. The molecule has 94 heavy (non-hydrogen) atoms. The first-order chi connectivity index (χ1) is 45.7. The summed E-state index contributed by atoms with van der Waals surface area (Å²) < 4.78 is 68.1. The molecule has 0 radical (unpaired) electrons. The summed E-state index contributed by atoms with van der Waals surface area (Å²) in [6.45, 7) is 4.48. The zero-order chi connectivity index (χ0) is 69.0. The molecule has 19 heteroatoms. The average Bonchev–Trinajstić information content (AvgIpc) is 1.36. The number of esters is 4. The van der Waals surface area contributed by atoms with Crippen LogP contribution in [0.3, 0.4) is 0 Å². The number of aliphatic hydroxyl groups excluding tert-OH is 1. The van der Waals surface area contributed by atoms with Gasteiger partial charge in [-0.15, -0.1) is 0 Å². The predicted molar refractivity (Wildman–Crippen MR) is 381 cm³/mol. The number of hydrogen-bond acceptors (Lipinski definition) is 15. The van der Waals surface area contributed by atoms with Crippen molar-refractivity contribution in [2.45, 2.75) is 303 Å². The van der Waals surface area contributed by atoms with Crippen molar-refractivity contribution in [2.75, 3.05) is 39.6 Å². The van der Waals surface area contributed by atoms with Gasteiger partial charge in [0.25, 0.3) is 0 Å². The van der Waals surface area contributed by atoms with Gasteiger partial charge in [-0.25, -0.2) is 9.13 Å². The molecule has 0 aromatic carbocycles. The van der Waals surface area contributed by atoms with Gasteiger partial charge in [-0.1, -0.05) is 246 Å². The highest BCUT2D eigenvalue weighted by atomic mass is 31.2. The fraction of sp³-hybridized carbons (Fsp3) is 0.707. The number of aliphatic hydroxyl groups is 1. The molecule has 5 atom stereocenters. The van der Waals surface area contributed by atoms with Crippen molar-refractivity contribution >= 4 is 39.5 Å². The van der Waals surface area contributed by atoms with Crippen molar-refractivity contribution in [2.24, 2.45) is 0 Å². The SMILES string of the molecule is CC/C=C\C/C=C\C/C=C\C/C=C\C/C=C\CC(=O)OCC(COP(=O)(O)OCC(O)COP(=O)(O)OCC(COC(=O)CCCCCCC/C=C\C/C=C\CCC)OC(=O)CCCCCCC/C=C\CCCC)OC(=O)CCCCCCC/C=C\CCCCCCCC. The van der Waals surface area contributed by atoms with E-state index in [-0.39, 0.29) is 25.7 Å². The number of phosphoric acid groups is 2. The molecule has 3 N–H and O–H groups in total. The number of rotatable bonds is 67. The van der Waals surface area contributed by atoms with Crippen LogP contribution in [0.4, 0.5) is 0 Å². The zero-order valence-corrected chi connectivity index (χ0v) is 60.4. The van der Waals surface area contributed by atoms with Crippen LogP contribution in [-0.4, -0.2) is 96.7 Å². The number of carbonyl (C=O) groups excluding carboxylic acids is 4. The van der Waals surface area contributed by atoms with Crippen LogP contribution < -0.4 is 0 Å². The highest BCUT2D eigenvalue weighted by Crippen LogP contribution is 2.45. The Labute approximate surface area is 569 Å². The standard InChI is InChI=1S/C75H128O17P2/c1-5-9-13-17-21-25-29-32-34-37-41-44-48-52-56-60-73(78)86-66-71(92-75(80)62-58-54-50-46-42-38-35-33-30-26-22-18-14-10-6-2)68-90-94(83,84)88-64-69(76)63-87-93(81,82)89-67-70(91-74(79)61-57-53-49-45-39-28-24-20-16-12-8-4)65-85-72(77)59-55-51-47-43-40-36-31-27-23-19-15-11-7-3/h9,13,15,19-21,24-25,27,31-35,41,44,52,56,69-71,76H,5-8,10-12,14,16-18,22-23,26,28-30,36-40,42-43,45-51,53-55,57-68H2,1-4H3,(H,81,82)(H,83,84)/b13-9-,19-15-,24-20-,25-21-,31-27-,34-32-,35-33-,44-41-,56-52-. The van der Waals surface area contributed by atoms with E-state index < -0.39 is 97.5 Å². The van der Waals surface area contributed by atoms with E-state index in [0.717, 1.165) is 154 Å². The van der Waals surface area contributed by atoms with Gasteiger partial charge in [-0.3, -0.25) is 37.3 Å². The number of ether oxygens (including phenoxy) is 4.